The maximum absolute atomic E-state index is 13.4. The van der Waals surface area contributed by atoms with Crippen molar-refractivity contribution in [2.24, 2.45) is 5.92 Å². The molecule has 3 heterocycles. The number of hydrogen-bond donors (Lipinski definition) is 4. The molecule has 0 unspecified atom stereocenters. The van der Waals surface area contributed by atoms with Gasteiger partial charge in [-0.2, -0.15) is 0 Å². The quantitative estimate of drug-likeness (QED) is 0.538. The van der Waals surface area contributed by atoms with Crippen molar-refractivity contribution in [2.75, 3.05) is 18.4 Å². The second-order valence-electron chi connectivity index (χ2n) is 10.9. The van der Waals surface area contributed by atoms with Gasteiger partial charge in [-0.1, -0.05) is 12.1 Å². The summed E-state index contributed by atoms with van der Waals surface area (Å²) in [5, 5.41) is 37.5. The molecule has 35 heavy (non-hydrogen) atoms. The highest BCUT2D eigenvalue weighted by atomic mass is 16.5. The number of aliphatic hydroxyl groups excluding tert-OH is 1. The Morgan fingerprint density at radius 3 is 2.86 bits per heavy atom. The highest BCUT2D eigenvalue weighted by molar-refractivity contribution is 6.04. The number of aliphatic hydroxyl groups is 2. The first-order valence-electron chi connectivity index (χ1n) is 12.5. The summed E-state index contributed by atoms with van der Waals surface area (Å²) in [7, 11) is 0. The number of amides is 1. The third-order valence-corrected chi connectivity index (χ3v) is 8.92. The van der Waals surface area contributed by atoms with Gasteiger partial charge in [0.15, 0.2) is 17.6 Å². The van der Waals surface area contributed by atoms with E-state index in [1.807, 2.05) is 19.1 Å². The van der Waals surface area contributed by atoms with Crippen molar-refractivity contribution in [3.05, 3.63) is 58.5 Å². The van der Waals surface area contributed by atoms with E-state index in [-0.39, 0.29) is 29.5 Å². The van der Waals surface area contributed by atoms with Gasteiger partial charge >= 0.3 is 0 Å². The van der Waals surface area contributed by atoms with E-state index in [9.17, 15) is 20.1 Å². The summed E-state index contributed by atoms with van der Waals surface area (Å²) < 4.78 is 6.23. The molecule has 8 nitrogen and oxygen atoms in total. The van der Waals surface area contributed by atoms with Gasteiger partial charge in [-0.3, -0.25) is 9.69 Å². The van der Waals surface area contributed by atoms with E-state index in [1.165, 1.54) is 12.8 Å². The fourth-order valence-corrected chi connectivity index (χ4v) is 7.17. The fourth-order valence-electron chi connectivity index (χ4n) is 7.17. The second kappa shape index (κ2) is 6.98. The summed E-state index contributed by atoms with van der Waals surface area (Å²) in [6, 6.07) is 8.68. The van der Waals surface area contributed by atoms with E-state index in [0.717, 1.165) is 29.9 Å². The number of anilines is 1. The van der Waals surface area contributed by atoms with Crippen LogP contribution in [-0.4, -0.2) is 61.9 Å². The maximum Gasteiger partial charge on any atom is 0.256 e. The first-order valence-corrected chi connectivity index (χ1v) is 12.5. The Bertz CT molecular complexity index is 1300. The number of hydrogen-bond acceptors (Lipinski definition) is 7. The van der Waals surface area contributed by atoms with Gasteiger partial charge in [-0.05, 0) is 68.8 Å². The molecular weight excluding hydrogens is 446 g/mol. The van der Waals surface area contributed by atoms with Crippen molar-refractivity contribution in [2.45, 2.75) is 62.2 Å². The number of aromatic nitrogens is 1. The minimum absolute atomic E-state index is 0.00324. The van der Waals surface area contributed by atoms with Crippen LogP contribution < -0.4 is 10.1 Å². The lowest BCUT2D eigenvalue weighted by atomic mass is 9.49. The SMILES string of the molecule is Cc1cccc(NC(=O)C2=C(O)[C@@H]3Oc4c(O)ccc5c4[C@@]34CCN(CC3CC3)[C@H](C5)[C@]4(O)C2)n1. The number of aryl methyl sites for hydroxylation is 1. The van der Waals surface area contributed by atoms with E-state index in [4.69, 9.17) is 4.74 Å². The average Bonchev–Trinajstić information content (AvgIpc) is 3.56. The summed E-state index contributed by atoms with van der Waals surface area (Å²) in [6.45, 7) is 3.55. The number of nitrogens with zero attached hydrogens (tertiary/aromatic N) is 2. The number of phenols is 1. The topological polar surface area (TPSA) is 115 Å². The standard InChI is InChI=1S/C27H29N3O5/c1-14-3-2-4-20(28-14)29-25(33)17-12-27(34)19-11-16-7-8-18(31)23-21(16)26(27,24(35-23)22(17)32)9-10-30(19)13-15-5-6-15/h2-4,7-8,15,19,24,31-32,34H,5-6,9-13H2,1H3,(H,28,29,33)/t19-,24+,26+,27-/m1/s1. The van der Waals surface area contributed by atoms with Gasteiger partial charge in [-0.15, -0.1) is 0 Å². The summed E-state index contributed by atoms with van der Waals surface area (Å²) >= 11 is 0. The van der Waals surface area contributed by atoms with E-state index in [0.29, 0.717) is 30.3 Å². The van der Waals surface area contributed by atoms with Crippen LogP contribution in [0.15, 0.2) is 41.7 Å². The van der Waals surface area contributed by atoms with E-state index in [2.05, 4.69) is 15.2 Å². The molecule has 7 rings (SSSR count). The largest absolute Gasteiger partial charge is 0.508 e. The first kappa shape index (κ1) is 21.2. The molecule has 2 aromatic rings. The second-order valence-corrected chi connectivity index (χ2v) is 10.9. The Kier molecular flexibility index (Phi) is 4.23. The molecule has 2 aliphatic heterocycles. The molecule has 1 aromatic heterocycles. The summed E-state index contributed by atoms with van der Waals surface area (Å²) in [5.74, 6) is 0.702. The van der Waals surface area contributed by atoms with Crippen LogP contribution in [0.5, 0.6) is 11.5 Å². The number of nitrogens with one attached hydrogen (secondary N) is 1. The minimum Gasteiger partial charge on any atom is -0.508 e. The third-order valence-electron chi connectivity index (χ3n) is 8.92. The molecule has 5 aliphatic rings. The third kappa shape index (κ3) is 2.75. The first-order chi connectivity index (χ1) is 16.8. The zero-order valence-corrected chi connectivity index (χ0v) is 19.6. The lowest BCUT2D eigenvalue weighted by Crippen LogP contribution is -2.75. The Labute approximate surface area is 203 Å². The van der Waals surface area contributed by atoms with Crippen LogP contribution in [0.2, 0.25) is 0 Å². The normalized spacial score (nSPS) is 32.7. The number of pyridine rings is 1. The molecule has 1 amide bonds. The van der Waals surface area contributed by atoms with Crippen LogP contribution in [0.1, 0.15) is 42.5 Å². The number of rotatable bonds is 4. The molecule has 4 N–H and O–H groups in total. The minimum atomic E-state index is -1.32. The summed E-state index contributed by atoms with van der Waals surface area (Å²) in [6.07, 6.45) is 2.70. The Morgan fingerprint density at radius 2 is 2.09 bits per heavy atom. The lowest BCUT2D eigenvalue weighted by molar-refractivity contribution is -0.172. The molecule has 1 spiro atoms. The van der Waals surface area contributed by atoms with Crippen LogP contribution in [-0.2, 0) is 16.6 Å². The predicted molar refractivity (Wildman–Crippen MR) is 127 cm³/mol. The van der Waals surface area contributed by atoms with Gasteiger partial charge in [0, 0.05) is 30.3 Å². The highest BCUT2D eigenvalue weighted by Gasteiger charge is 2.73. The van der Waals surface area contributed by atoms with Gasteiger partial charge in [-0.25, -0.2) is 4.98 Å². The zero-order valence-electron chi connectivity index (χ0n) is 19.6. The average molecular weight is 476 g/mol. The molecule has 8 heteroatoms. The summed E-state index contributed by atoms with van der Waals surface area (Å²) in [5.41, 5.74) is 0.492. The van der Waals surface area contributed by atoms with Gasteiger partial charge in [0.2, 0.25) is 0 Å². The zero-order chi connectivity index (χ0) is 24.1. The van der Waals surface area contributed by atoms with Crippen molar-refractivity contribution < 1.29 is 24.9 Å². The number of carbonyl (C=O) groups excluding carboxylic acids is 1. The van der Waals surface area contributed by atoms with Gasteiger partial charge in [0.05, 0.1) is 16.6 Å². The molecule has 2 fully saturated rings. The number of phenolic OH excluding ortho intramolecular Hbond substituents is 1. The maximum atomic E-state index is 13.4. The number of piperidine rings is 1. The fraction of sp³-hybridized carbons (Fsp3) is 0.481. The smallest absolute Gasteiger partial charge is 0.256 e. The molecule has 2 bridgehead atoms. The monoisotopic (exact) mass is 475 g/mol. The van der Waals surface area contributed by atoms with Crippen molar-refractivity contribution in [1.29, 1.82) is 0 Å². The molecular formula is C27H29N3O5. The van der Waals surface area contributed by atoms with Crippen LogP contribution in [0.3, 0.4) is 0 Å². The molecule has 3 aliphatic carbocycles. The number of ether oxygens (including phenoxy) is 1. The van der Waals surface area contributed by atoms with E-state index >= 15 is 0 Å². The molecule has 1 aromatic carbocycles. The van der Waals surface area contributed by atoms with Crippen molar-refractivity contribution >= 4 is 11.7 Å². The van der Waals surface area contributed by atoms with Crippen LogP contribution in [0, 0.1) is 12.8 Å². The number of benzene rings is 1. The summed E-state index contributed by atoms with van der Waals surface area (Å²) in [4.78, 5) is 20.2. The van der Waals surface area contributed by atoms with E-state index in [1.54, 1.807) is 18.2 Å². The van der Waals surface area contributed by atoms with Crippen LogP contribution in [0.4, 0.5) is 5.82 Å². The Hall–Kier alpha value is -3.10. The number of likely N-dealkylation sites (tertiary alicyclic amines) is 1. The van der Waals surface area contributed by atoms with Crippen LogP contribution >= 0.6 is 0 Å². The Balaban J connectivity index is 1.36. The van der Waals surface area contributed by atoms with Crippen molar-refractivity contribution in [3.63, 3.8) is 0 Å². The van der Waals surface area contributed by atoms with Gasteiger partial charge in [0.1, 0.15) is 11.6 Å². The molecule has 4 atom stereocenters. The molecule has 182 valence electrons. The highest BCUT2D eigenvalue weighted by Crippen LogP contribution is 2.66. The van der Waals surface area contributed by atoms with Crippen molar-refractivity contribution in [1.82, 2.24) is 9.88 Å². The molecule has 1 saturated heterocycles. The number of carbonyl (C=O) groups is 1. The van der Waals surface area contributed by atoms with Gasteiger partial charge in [0.25, 0.3) is 5.91 Å². The molecule has 0 radical (unpaired) electrons. The predicted octanol–water partition coefficient (Wildman–Crippen LogP) is 2.72. The number of aromatic hydroxyl groups is 1. The van der Waals surface area contributed by atoms with Crippen molar-refractivity contribution in [3.8, 4) is 11.5 Å². The van der Waals surface area contributed by atoms with Crippen LogP contribution in [0.25, 0.3) is 0 Å². The van der Waals surface area contributed by atoms with Gasteiger partial charge < -0.3 is 25.4 Å². The molecule has 1 saturated carbocycles. The van der Waals surface area contributed by atoms with E-state index < -0.39 is 23.0 Å². The lowest BCUT2D eigenvalue weighted by Gasteiger charge is -2.62. The Morgan fingerprint density at radius 1 is 1.26 bits per heavy atom.